The van der Waals surface area contributed by atoms with Crippen LogP contribution in [-0.2, 0) is 4.79 Å². The number of nitrogens with zero attached hydrogens (tertiary/aromatic N) is 5. The normalized spacial score (nSPS) is 14.6. The predicted octanol–water partition coefficient (Wildman–Crippen LogP) is 2.77. The van der Waals surface area contributed by atoms with Gasteiger partial charge in [0.15, 0.2) is 11.6 Å². The number of carbonyl (C=O) groups is 1. The van der Waals surface area contributed by atoms with E-state index in [1.807, 2.05) is 41.2 Å². The van der Waals surface area contributed by atoms with Crippen molar-refractivity contribution < 1.29 is 9.18 Å². The first-order chi connectivity index (χ1) is 13.7. The summed E-state index contributed by atoms with van der Waals surface area (Å²) in [5.74, 6) is 1.11. The van der Waals surface area contributed by atoms with Crippen LogP contribution in [0.4, 0.5) is 10.2 Å². The van der Waals surface area contributed by atoms with Crippen molar-refractivity contribution in [2.75, 3.05) is 31.1 Å². The third kappa shape index (κ3) is 3.93. The van der Waals surface area contributed by atoms with Gasteiger partial charge in [0, 0.05) is 50.2 Å². The summed E-state index contributed by atoms with van der Waals surface area (Å²) in [6.07, 6.45) is 6.79. The number of rotatable bonds is 4. The molecule has 1 aliphatic rings. The van der Waals surface area contributed by atoms with E-state index in [0.29, 0.717) is 31.7 Å². The highest BCUT2D eigenvalue weighted by atomic mass is 19.1. The summed E-state index contributed by atoms with van der Waals surface area (Å²) in [7, 11) is 0. The fraction of sp³-hybridized carbons (Fsp3) is 0.190. The van der Waals surface area contributed by atoms with E-state index in [9.17, 15) is 9.18 Å². The second-order valence-corrected chi connectivity index (χ2v) is 6.51. The lowest BCUT2D eigenvalue weighted by Gasteiger charge is -2.34. The molecule has 1 aliphatic heterocycles. The lowest BCUT2D eigenvalue weighted by Crippen LogP contribution is -2.48. The van der Waals surface area contributed by atoms with Crippen molar-refractivity contribution in [3.63, 3.8) is 0 Å². The first-order valence-electron chi connectivity index (χ1n) is 9.14. The van der Waals surface area contributed by atoms with Gasteiger partial charge in [0.25, 0.3) is 0 Å². The minimum Gasteiger partial charge on any atom is -0.352 e. The van der Waals surface area contributed by atoms with Crippen molar-refractivity contribution in [1.82, 2.24) is 19.7 Å². The Bertz CT molecular complexity index is 961. The van der Waals surface area contributed by atoms with Crippen molar-refractivity contribution in [2.24, 2.45) is 0 Å². The topological polar surface area (TPSA) is 54.3 Å². The van der Waals surface area contributed by atoms with Crippen LogP contribution in [0.15, 0.2) is 67.0 Å². The lowest BCUT2D eigenvalue weighted by atomic mass is 10.2. The average Bonchev–Trinajstić information content (AvgIpc) is 3.28. The molecule has 0 aliphatic carbocycles. The summed E-state index contributed by atoms with van der Waals surface area (Å²) in [6.45, 7) is 2.52. The van der Waals surface area contributed by atoms with Gasteiger partial charge in [-0.3, -0.25) is 4.79 Å². The maximum Gasteiger partial charge on any atom is 0.246 e. The number of halogens is 1. The van der Waals surface area contributed by atoms with Crippen LogP contribution in [0.1, 0.15) is 5.56 Å². The van der Waals surface area contributed by atoms with Crippen molar-refractivity contribution in [3.8, 4) is 5.82 Å². The summed E-state index contributed by atoms with van der Waals surface area (Å²) in [5.41, 5.74) is 0.410. The van der Waals surface area contributed by atoms with Crippen LogP contribution >= 0.6 is 0 Å². The van der Waals surface area contributed by atoms with Crippen molar-refractivity contribution in [3.05, 3.63) is 78.4 Å². The smallest absolute Gasteiger partial charge is 0.246 e. The van der Waals surface area contributed by atoms with Gasteiger partial charge in [0.2, 0.25) is 5.91 Å². The summed E-state index contributed by atoms with van der Waals surface area (Å²) < 4.78 is 15.5. The monoisotopic (exact) mass is 377 g/mol. The van der Waals surface area contributed by atoms with E-state index in [2.05, 4.69) is 15.1 Å². The second kappa shape index (κ2) is 8.04. The molecule has 1 saturated heterocycles. The molecule has 0 unspecified atom stereocenters. The van der Waals surface area contributed by atoms with Gasteiger partial charge in [0.1, 0.15) is 5.82 Å². The number of amides is 1. The van der Waals surface area contributed by atoms with Gasteiger partial charge in [-0.25, -0.2) is 4.39 Å². The van der Waals surface area contributed by atoms with Gasteiger partial charge in [-0.2, -0.15) is 0 Å². The maximum atomic E-state index is 13.6. The largest absolute Gasteiger partial charge is 0.352 e. The molecule has 1 aromatic carbocycles. The third-order valence-corrected chi connectivity index (χ3v) is 4.73. The minimum absolute atomic E-state index is 0.114. The van der Waals surface area contributed by atoms with Gasteiger partial charge >= 0.3 is 0 Å². The number of anilines is 1. The van der Waals surface area contributed by atoms with Crippen molar-refractivity contribution >= 4 is 17.8 Å². The molecule has 0 spiro atoms. The number of aromatic nitrogens is 3. The number of hydrogen-bond acceptors (Lipinski definition) is 4. The number of hydrogen-bond donors (Lipinski definition) is 0. The molecule has 0 N–H and O–H groups in total. The summed E-state index contributed by atoms with van der Waals surface area (Å²) in [4.78, 5) is 16.2. The van der Waals surface area contributed by atoms with Crippen LogP contribution in [0.2, 0.25) is 0 Å². The number of carbonyl (C=O) groups excluding carboxylic acids is 1. The Morgan fingerprint density at radius 3 is 2.25 bits per heavy atom. The van der Waals surface area contributed by atoms with Gasteiger partial charge in [-0.05, 0) is 36.4 Å². The lowest BCUT2D eigenvalue weighted by molar-refractivity contribution is -0.126. The summed E-state index contributed by atoms with van der Waals surface area (Å²) in [5, 5.41) is 8.58. The van der Waals surface area contributed by atoms with Crippen LogP contribution in [0.5, 0.6) is 0 Å². The van der Waals surface area contributed by atoms with E-state index < -0.39 is 0 Å². The Hall–Kier alpha value is -3.48. The molecular weight excluding hydrogens is 357 g/mol. The molecule has 3 heterocycles. The summed E-state index contributed by atoms with van der Waals surface area (Å²) in [6, 6.07) is 14.1. The van der Waals surface area contributed by atoms with Crippen LogP contribution in [-0.4, -0.2) is 51.8 Å². The Morgan fingerprint density at radius 1 is 0.893 bits per heavy atom. The fourth-order valence-corrected chi connectivity index (χ4v) is 3.14. The van der Waals surface area contributed by atoms with Crippen LogP contribution < -0.4 is 4.90 Å². The zero-order valence-electron chi connectivity index (χ0n) is 15.3. The zero-order chi connectivity index (χ0) is 19.3. The van der Waals surface area contributed by atoms with Gasteiger partial charge < -0.3 is 14.4 Å². The van der Waals surface area contributed by atoms with E-state index in [1.54, 1.807) is 23.1 Å². The Morgan fingerprint density at radius 2 is 1.57 bits per heavy atom. The van der Waals surface area contributed by atoms with E-state index in [-0.39, 0.29) is 11.7 Å². The molecule has 3 aromatic rings. The Labute approximate surface area is 162 Å². The molecule has 0 bridgehead atoms. The number of piperazine rings is 1. The predicted molar refractivity (Wildman–Crippen MR) is 106 cm³/mol. The third-order valence-electron chi connectivity index (χ3n) is 4.73. The molecular formula is C21H20FN5O. The maximum absolute atomic E-state index is 13.6. The van der Waals surface area contributed by atoms with E-state index in [4.69, 9.17) is 0 Å². The highest BCUT2D eigenvalue weighted by Gasteiger charge is 2.21. The van der Waals surface area contributed by atoms with Gasteiger partial charge in [-0.1, -0.05) is 18.2 Å². The van der Waals surface area contributed by atoms with Gasteiger partial charge in [-0.15, -0.1) is 10.2 Å². The molecule has 0 radical (unpaired) electrons. The van der Waals surface area contributed by atoms with Crippen molar-refractivity contribution in [2.45, 2.75) is 0 Å². The highest BCUT2D eigenvalue weighted by Crippen LogP contribution is 2.15. The molecule has 0 atom stereocenters. The molecule has 4 rings (SSSR count). The molecule has 7 heteroatoms. The standard InChI is InChI=1S/C21H20FN5O/c22-18-6-2-1-5-17(18)7-10-21(28)27-15-13-26(14-16-27)20-9-8-19(23-24-20)25-11-3-4-12-25/h1-12H,13-16H2/b10-7+. The molecule has 1 fully saturated rings. The van der Waals surface area contributed by atoms with Crippen LogP contribution in [0.25, 0.3) is 11.9 Å². The van der Waals surface area contributed by atoms with E-state index in [0.717, 1.165) is 11.6 Å². The van der Waals surface area contributed by atoms with Crippen LogP contribution in [0, 0.1) is 5.82 Å². The summed E-state index contributed by atoms with van der Waals surface area (Å²) >= 11 is 0. The minimum atomic E-state index is -0.335. The van der Waals surface area contributed by atoms with Crippen molar-refractivity contribution in [1.29, 1.82) is 0 Å². The average molecular weight is 377 g/mol. The molecule has 1 amide bonds. The van der Waals surface area contributed by atoms with Gasteiger partial charge in [0.05, 0.1) is 0 Å². The Balaban J connectivity index is 1.34. The first kappa shape index (κ1) is 17.9. The molecule has 28 heavy (non-hydrogen) atoms. The molecule has 6 nitrogen and oxygen atoms in total. The first-order valence-corrected chi connectivity index (χ1v) is 9.14. The second-order valence-electron chi connectivity index (χ2n) is 6.51. The van der Waals surface area contributed by atoms with Crippen LogP contribution in [0.3, 0.4) is 0 Å². The quantitative estimate of drug-likeness (QED) is 0.656. The molecule has 2 aromatic heterocycles. The van der Waals surface area contributed by atoms with E-state index in [1.165, 1.54) is 18.2 Å². The zero-order valence-corrected chi connectivity index (χ0v) is 15.3. The number of benzene rings is 1. The SMILES string of the molecule is O=C(/C=C/c1ccccc1F)N1CCN(c2ccc(-n3cccc3)nn2)CC1. The fourth-order valence-electron chi connectivity index (χ4n) is 3.14. The Kier molecular flexibility index (Phi) is 5.14. The molecule has 0 saturated carbocycles. The van der Waals surface area contributed by atoms with E-state index >= 15 is 0 Å². The molecule has 142 valence electrons. The highest BCUT2D eigenvalue weighted by molar-refractivity contribution is 5.92.